The molecule has 0 fully saturated rings. The lowest BCUT2D eigenvalue weighted by Gasteiger charge is -2.34. The Hall–Kier alpha value is -1.24. The third-order valence-corrected chi connectivity index (χ3v) is 3.60. The number of benzene rings is 1. The number of rotatable bonds is 0. The fourth-order valence-electron chi connectivity index (χ4n) is 2.23. The van der Waals surface area contributed by atoms with Crippen LogP contribution in [0.3, 0.4) is 0 Å². The molecule has 0 radical (unpaired) electrons. The first-order valence-corrected chi connectivity index (χ1v) is 6.26. The van der Waals surface area contributed by atoms with Gasteiger partial charge in [0.15, 0.2) is 0 Å². The summed E-state index contributed by atoms with van der Waals surface area (Å²) in [5.74, 6) is -0.239. The Morgan fingerprint density at radius 1 is 1.28 bits per heavy atom. The van der Waals surface area contributed by atoms with Crippen molar-refractivity contribution in [3.63, 3.8) is 0 Å². The predicted octanol–water partition coefficient (Wildman–Crippen LogP) is 3.81. The molecule has 1 amide bonds. The molecular weight excluding hydrogens is 271 g/mol. The third-order valence-electron chi connectivity index (χ3n) is 2.95. The van der Waals surface area contributed by atoms with Crippen molar-refractivity contribution >= 4 is 29.1 Å². The molecule has 1 aliphatic heterocycles. The lowest BCUT2D eigenvalue weighted by molar-refractivity contribution is 0.0568. The van der Waals surface area contributed by atoms with Crippen LogP contribution in [0, 0.1) is 11.3 Å². The number of carbonyl (C=O) groups excluding carboxylic acids is 1. The maximum Gasteiger partial charge on any atom is 0.257 e. The van der Waals surface area contributed by atoms with E-state index in [1.54, 1.807) is 12.1 Å². The van der Waals surface area contributed by atoms with Crippen LogP contribution in [0.1, 0.15) is 42.7 Å². The highest BCUT2D eigenvalue weighted by molar-refractivity contribution is 6.37. The summed E-state index contributed by atoms with van der Waals surface area (Å²) < 4.78 is 0. The van der Waals surface area contributed by atoms with E-state index in [2.05, 4.69) is 6.07 Å². The zero-order chi connectivity index (χ0) is 13.7. The van der Waals surface area contributed by atoms with Gasteiger partial charge in [-0.15, -0.1) is 0 Å². The molecule has 0 saturated carbocycles. The molecule has 0 N–H and O–H groups in total. The first-order valence-electron chi connectivity index (χ1n) is 5.50. The van der Waals surface area contributed by atoms with Gasteiger partial charge in [0.25, 0.3) is 5.91 Å². The largest absolute Gasteiger partial charge is 0.314 e. The maximum atomic E-state index is 12.4. The van der Waals surface area contributed by atoms with E-state index < -0.39 is 11.6 Å². The van der Waals surface area contributed by atoms with Crippen LogP contribution in [0.25, 0.3) is 0 Å². The fourth-order valence-corrected chi connectivity index (χ4v) is 2.74. The second kappa shape index (κ2) is 4.15. The Morgan fingerprint density at radius 3 is 2.33 bits per heavy atom. The number of fused-ring (bicyclic) bond motifs is 1. The molecule has 94 valence electrons. The molecule has 18 heavy (non-hydrogen) atoms. The summed E-state index contributed by atoms with van der Waals surface area (Å²) in [6.45, 7) is 5.63. The minimum atomic E-state index is -0.682. The van der Waals surface area contributed by atoms with Gasteiger partial charge in [-0.2, -0.15) is 5.26 Å². The highest BCUT2D eigenvalue weighted by atomic mass is 35.5. The molecule has 0 spiro atoms. The number of halogens is 2. The van der Waals surface area contributed by atoms with E-state index in [0.717, 1.165) is 0 Å². The van der Waals surface area contributed by atoms with E-state index in [1.807, 2.05) is 20.8 Å². The summed E-state index contributed by atoms with van der Waals surface area (Å²) in [5, 5.41) is 10.1. The number of carbonyl (C=O) groups is 1. The molecule has 0 aromatic heterocycles. The Labute approximate surface area is 116 Å². The van der Waals surface area contributed by atoms with Gasteiger partial charge in [-0.1, -0.05) is 23.2 Å². The monoisotopic (exact) mass is 282 g/mol. The number of hydrogen-bond acceptors (Lipinski definition) is 2. The molecule has 1 aromatic carbocycles. The average Bonchev–Trinajstić information content (AvgIpc) is 2.57. The van der Waals surface area contributed by atoms with Crippen LogP contribution in [0.5, 0.6) is 0 Å². The highest BCUT2D eigenvalue weighted by Gasteiger charge is 2.45. The number of nitriles is 1. The van der Waals surface area contributed by atoms with Crippen molar-refractivity contribution in [1.29, 1.82) is 5.26 Å². The van der Waals surface area contributed by atoms with Crippen LogP contribution in [0.2, 0.25) is 10.0 Å². The van der Waals surface area contributed by atoms with E-state index in [9.17, 15) is 10.1 Å². The maximum absolute atomic E-state index is 12.4. The van der Waals surface area contributed by atoms with E-state index >= 15 is 0 Å². The lowest BCUT2D eigenvalue weighted by Crippen LogP contribution is -2.43. The highest BCUT2D eigenvalue weighted by Crippen LogP contribution is 2.44. The first kappa shape index (κ1) is 13.2. The molecule has 0 saturated heterocycles. The van der Waals surface area contributed by atoms with Crippen LogP contribution in [0.15, 0.2) is 12.1 Å². The van der Waals surface area contributed by atoms with E-state index in [0.29, 0.717) is 21.2 Å². The minimum absolute atomic E-state index is 0.239. The van der Waals surface area contributed by atoms with Gasteiger partial charge in [-0.25, -0.2) is 0 Å². The molecular formula is C13H12Cl2N2O. The zero-order valence-electron chi connectivity index (χ0n) is 10.3. The zero-order valence-corrected chi connectivity index (χ0v) is 11.8. The van der Waals surface area contributed by atoms with Gasteiger partial charge in [-0.3, -0.25) is 4.79 Å². The summed E-state index contributed by atoms with van der Waals surface area (Å²) in [4.78, 5) is 13.9. The summed E-state index contributed by atoms with van der Waals surface area (Å²) in [6.07, 6.45) is 0. The van der Waals surface area contributed by atoms with Gasteiger partial charge in [0.1, 0.15) is 6.04 Å². The molecule has 3 nitrogen and oxygen atoms in total. The normalized spacial score (nSPS) is 18.8. The smallest absolute Gasteiger partial charge is 0.257 e. The second-order valence-corrected chi connectivity index (χ2v) is 6.01. The van der Waals surface area contributed by atoms with Crippen molar-refractivity contribution in [3.8, 4) is 6.07 Å². The molecule has 0 bridgehead atoms. The molecule has 0 aliphatic carbocycles. The third kappa shape index (κ3) is 1.77. The van der Waals surface area contributed by atoms with Gasteiger partial charge in [0, 0.05) is 16.1 Å². The van der Waals surface area contributed by atoms with Gasteiger partial charge in [0.05, 0.1) is 16.7 Å². The van der Waals surface area contributed by atoms with Crippen molar-refractivity contribution in [1.82, 2.24) is 4.90 Å². The molecule has 1 heterocycles. The predicted molar refractivity (Wildman–Crippen MR) is 70.7 cm³/mol. The minimum Gasteiger partial charge on any atom is -0.314 e. The van der Waals surface area contributed by atoms with Crippen LogP contribution < -0.4 is 0 Å². The van der Waals surface area contributed by atoms with Gasteiger partial charge >= 0.3 is 0 Å². The Bertz CT molecular complexity index is 570. The summed E-state index contributed by atoms with van der Waals surface area (Å²) >= 11 is 12.2. The summed E-state index contributed by atoms with van der Waals surface area (Å²) in [7, 11) is 0. The molecule has 2 rings (SSSR count). The van der Waals surface area contributed by atoms with Crippen LogP contribution >= 0.6 is 23.2 Å². The summed E-state index contributed by atoms with van der Waals surface area (Å²) in [5.41, 5.74) is 0.403. The number of nitrogens with zero attached hydrogens (tertiary/aromatic N) is 2. The topological polar surface area (TPSA) is 44.1 Å². The molecule has 1 aromatic rings. The average molecular weight is 283 g/mol. The standard InChI is InChI=1S/C13H12Cl2N2O/c1-13(2,3)17-9(6-16)10-7(14)4-5-8(15)11(10)12(17)18/h4-5,9H,1-3H3. The van der Waals surface area contributed by atoms with Crippen molar-refractivity contribution in [2.24, 2.45) is 0 Å². The van der Waals surface area contributed by atoms with Gasteiger partial charge < -0.3 is 4.90 Å². The lowest BCUT2D eigenvalue weighted by atomic mass is 10.0. The van der Waals surface area contributed by atoms with Crippen LogP contribution in [-0.4, -0.2) is 16.3 Å². The molecule has 1 unspecified atom stereocenters. The van der Waals surface area contributed by atoms with E-state index in [-0.39, 0.29) is 5.91 Å². The number of amides is 1. The summed E-state index contributed by atoms with van der Waals surface area (Å²) in [6, 6.07) is 4.66. The quantitative estimate of drug-likeness (QED) is 0.726. The Kier molecular flexibility index (Phi) is 3.04. The van der Waals surface area contributed by atoms with Gasteiger partial charge in [-0.05, 0) is 32.9 Å². The van der Waals surface area contributed by atoms with Crippen LogP contribution in [-0.2, 0) is 0 Å². The van der Waals surface area contributed by atoms with E-state index in [4.69, 9.17) is 23.2 Å². The number of hydrogen-bond donors (Lipinski definition) is 0. The van der Waals surface area contributed by atoms with Crippen molar-refractivity contribution in [2.75, 3.05) is 0 Å². The first-order chi connectivity index (χ1) is 8.29. The Balaban J connectivity index is 2.72. The molecule has 1 aliphatic rings. The molecule has 5 heteroatoms. The Morgan fingerprint density at radius 2 is 1.83 bits per heavy atom. The fraction of sp³-hybridized carbons (Fsp3) is 0.385. The van der Waals surface area contributed by atoms with E-state index in [1.165, 1.54) is 4.90 Å². The SMILES string of the molecule is CC(C)(C)N1C(=O)c2c(Cl)ccc(Cl)c2C1C#N. The van der Waals surface area contributed by atoms with Crippen molar-refractivity contribution < 1.29 is 4.79 Å². The van der Waals surface area contributed by atoms with Gasteiger partial charge in [0.2, 0.25) is 0 Å². The van der Waals surface area contributed by atoms with Crippen LogP contribution in [0.4, 0.5) is 0 Å². The second-order valence-electron chi connectivity index (χ2n) is 5.20. The molecule has 1 atom stereocenters. The van der Waals surface area contributed by atoms with Crippen molar-refractivity contribution in [3.05, 3.63) is 33.3 Å². The van der Waals surface area contributed by atoms with Crippen molar-refractivity contribution in [2.45, 2.75) is 32.4 Å².